The number of rotatable bonds is 3. The first-order valence-corrected chi connectivity index (χ1v) is 5.45. The Bertz CT molecular complexity index is 562. The summed E-state index contributed by atoms with van der Waals surface area (Å²) < 4.78 is 30.0. The van der Waals surface area contributed by atoms with Crippen LogP contribution in [0.25, 0.3) is 10.8 Å². The third-order valence-corrected chi connectivity index (χ3v) is 3.12. The number of carbonyl (C=O) groups is 1. The number of alkyl halides is 2. The third-order valence-electron chi connectivity index (χ3n) is 2.11. The minimum Gasteiger partial charge on any atom is -0.475 e. The van der Waals surface area contributed by atoms with Crippen molar-refractivity contribution in [3.8, 4) is 10.8 Å². The zero-order chi connectivity index (χ0) is 12.6. The van der Waals surface area contributed by atoms with Crippen molar-refractivity contribution in [2.45, 2.75) is 13.3 Å². The number of thiophene rings is 1. The summed E-state index contributed by atoms with van der Waals surface area (Å²) >= 11 is 1.25. The number of hydrogen-bond acceptors (Lipinski definition) is 4. The Hall–Kier alpha value is -1.76. The maximum Gasteiger partial charge on any atom is 0.374 e. The van der Waals surface area contributed by atoms with Gasteiger partial charge in [0.2, 0.25) is 11.7 Å². The van der Waals surface area contributed by atoms with E-state index in [1.807, 2.05) is 0 Å². The van der Waals surface area contributed by atoms with Crippen LogP contribution in [0.3, 0.4) is 0 Å². The normalized spacial score (nSPS) is 11.1. The first-order chi connectivity index (χ1) is 8.00. The van der Waals surface area contributed by atoms with E-state index in [0.29, 0.717) is 4.88 Å². The van der Waals surface area contributed by atoms with Crippen molar-refractivity contribution in [1.29, 1.82) is 0 Å². The number of nitrogens with zero attached hydrogens (tertiary/aromatic N) is 1. The summed E-state index contributed by atoms with van der Waals surface area (Å²) in [6.07, 6.45) is -2.97. The van der Waals surface area contributed by atoms with Gasteiger partial charge in [0.1, 0.15) is 0 Å². The van der Waals surface area contributed by atoms with E-state index in [0.717, 1.165) is 5.56 Å². The van der Waals surface area contributed by atoms with Gasteiger partial charge < -0.3 is 9.52 Å². The van der Waals surface area contributed by atoms with Crippen LogP contribution in [0.15, 0.2) is 15.9 Å². The summed E-state index contributed by atoms with van der Waals surface area (Å²) in [6, 6.07) is 1.77. The topological polar surface area (TPSA) is 63.3 Å². The highest BCUT2D eigenvalue weighted by atomic mass is 32.1. The molecule has 0 atom stereocenters. The number of carboxylic acid groups (broad SMARTS) is 1. The predicted molar refractivity (Wildman–Crippen MR) is 56.5 cm³/mol. The molecule has 2 aromatic heterocycles. The molecule has 0 fully saturated rings. The molecular weight excluding hydrogens is 252 g/mol. The van der Waals surface area contributed by atoms with Gasteiger partial charge in [0.05, 0.1) is 4.88 Å². The van der Waals surface area contributed by atoms with Crippen LogP contribution in [0.1, 0.15) is 28.2 Å². The summed E-state index contributed by atoms with van der Waals surface area (Å²) in [7, 11) is 0. The third kappa shape index (κ3) is 2.05. The molecule has 1 N–H and O–H groups in total. The second-order valence-corrected chi connectivity index (χ2v) is 4.19. The fourth-order valence-corrected chi connectivity index (χ4v) is 2.17. The second kappa shape index (κ2) is 4.25. The van der Waals surface area contributed by atoms with Crippen molar-refractivity contribution in [1.82, 2.24) is 4.98 Å². The van der Waals surface area contributed by atoms with Crippen LogP contribution >= 0.6 is 11.3 Å². The average molecular weight is 259 g/mol. The minimum absolute atomic E-state index is 0.0785. The van der Waals surface area contributed by atoms with Crippen molar-refractivity contribution < 1.29 is 23.1 Å². The molecule has 0 unspecified atom stereocenters. The molecule has 0 spiro atoms. The van der Waals surface area contributed by atoms with Crippen LogP contribution in [0.4, 0.5) is 8.78 Å². The molecule has 0 bridgehead atoms. The van der Waals surface area contributed by atoms with Gasteiger partial charge in [-0.2, -0.15) is 0 Å². The molecule has 0 aliphatic rings. The molecule has 0 aromatic carbocycles. The molecule has 0 aliphatic heterocycles. The Morgan fingerprint density at radius 3 is 2.71 bits per heavy atom. The first kappa shape index (κ1) is 11.7. The fourth-order valence-electron chi connectivity index (χ4n) is 1.32. The SMILES string of the molecule is Cc1ccsc1-c1nc(C(F)F)c(C(=O)O)o1. The molecule has 0 saturated carbocycles. The number of halogens is 2. The van der Waals surface area contributed by atoms with E-state index in [4.69, 9.17) is 9.52 Å². The van der Waals surface area contributed by atoms with Crippen LogP contribution < -0.4 is 0 Å². The van der Waals surface area contributed by atoms with E-state index in [1.165, 1.54) is 11.3 Å². The Kier molecular flexibility index (Phi) is 2.93. The van der Waals surface area contributed by atoms with E-state index in [9.17, 15) is 13.6 Å². The van der Waals surface area contributed by atoms with E-state index in [-0.39, 0.29) is 5.89 Å². The maximum absolute atomic E-state index is 12.6. The maximum atomic E-state index is 12.6. The Morgan fingerprint density at radius 1 is 1.59 bits per heavy atom. The average Bonchev–Trinajstić information content (AvgIpc) is 2.82. The summed E-state index contributed by atoms with van der Waals surface area (Å²) in [5.74, 6) is -2.43. The van der Waals surface area contributed by atoms with E-state index in [1.54, 1.807) is 18.4 Å². The van der Waals surface area contributed by atoms with E-state index >= 15 is 0 Å². The van der Waals surface area contributed by atoms with Crippen molar-refractivity contribution in [2.24, 2.45) is 0 Å². The van der Waals surface area contributed by atoms with Gasteiger partial charge in [-0.3, -0.25) is 0 Å². The van der Waals surface area contributed by atoms with Crippen molar-refractivity contribution >= 4 is 17.3 Å². The molecule has 2 heterocycles. The van der Waals surface area contributed by atoms with Crippen molar-refractivity contribution in [3.63, 3.8) is 0 Å². The highest BCUT2D eigenvalue weighted by Crippen LogP contribution is 2.32. The van der Waals surface area contributed by atoms with Gasteiger partial charge in [-0.05, 0) is 23.9 Å². The summed E-state index contributed by atoms with van der Waals surface area (Å²) in [5, 5.41) is 10.5. The molecule has 90 valence electrons. The van der Waals surface area contributed by atoms with Gasteiger partial charge in [-0.1, -0.05) is 0 Å². The van der Waals surface area contributed by atoms with Gasteiger partial charge in [0, 0.05) is 0 Å². The van der Waals surface area contributed by atoms with E-state index in [2.05, 4.69) is 4.98 Å². The van der Waals surface area contributed by atoms with Crippen molar-refractivity contribution in [3.05, 3.63) is 28.5 Å². The molecule has 2 aromatic rings. The van der Waals surface area contributed by atoms with Crippen LogP contribution in [-0.4, -0.2) is 16.1 Å². The first-order valence-electron chi connectivity index (χ1n) is 4.57. The largest absolute Gasteiger partial charge is 0.475 e. The second-order valence-electron chi connectivity index (χ2n) is 3.27. The Balaban J connectivity index is 2.55. The Labute approximate surface area is 98.5 Å². The summed E-state index contributed by atoms with van der Waals surface area (Å²) in [4.78, 5) is 14.8. The lowest BCUT2D eigenvalue weighted by Crippen LogP contribution is -1.99. The van der Waals surface area contributed by atoms with E-state index < -0.39 is 23.8 Å². The van der Waals surface area contributed by atoms with Crippen molar-refractivity contribution in [2.75, 3.05) is 0 Å². The number of oxazole rings is 1. The smallest absolute Gasteiger partial charge is 0.374 e. The number of hydrogen-bond donors (Lipinski definition) is 1. The van der Waals surface area contributed by atoms with Gasteiger partial charge in [-0.15, -0.1) is 11.3 Å². The molecular formula is C10H7F2NO3S. The summed E-state index contributed by atoms with van der Waals surface area (Å²) in [6.45, 7) is 1.76. The molecule has 2 rings (SSSR count). The van der Waals surface area contributed by atoms with Gasteiger partial charge in [0.25, 0.3) is 6.43 Å². The highest BCUT2D eigenvalue weighted by Gasteiger charge is 2.27. The molecule has 0 radical (unpaired) electrons. The minimum atomic E-state index is -2.97. The quantitative estimate of drug-likeness (QED) is 0.918. The molecule has 4 nitrogen and oxygen atoms in total. The van der Waals surface area contributed by atoms with Crippen LogP contribution in [0.5, 0.6) is 0 Å². The van der Waals surface area contributed by atoms with Crippen LogP contribution in [-0.2, 0) is 0 Å². The standard InChI is InChI=1S/C10H7F2NO3S/c1-4-2-3-17-7(4)9-13-5(8(11)12)6(16-9)10(14)15/h2-3,8H,1H3,(H,14,15). The lowest BCUT2D eigenvalue weighted by Gasteiger charge is -1.91. The van der Waals surface area contributed by atoms with Gasteiger partial charge >= 0.3 is 5.97 Å². The molecule has 7 heteroatoms. The fraction of sp³-hybridized carbons (Fsp3) is 0.200. The lowest BCUT2D eigenvalue weighted by atomic mass is 10.3. The number of aromatic carboxylic acids is 1. The zero-order valence-corrected chi connectivity index (χ0v) is 9.42. The van der Waals surface area contributed by atoms with Gasteiger partial charge in [0.15, 0.2) is 5.69 Å². The lowest BCUT2D eigenvalue weighted by molar-refractivity contribution is 0.0647. The van der Waals surface area contributed by atoms with Gasteiger partial charge in [-0.25, -0.2) is 18.6 Å². The molecule has 17 heavy (non-hydrogen) atoms. The molecule has 0 saturated heterocycles. The molecule has 0 aliphatic carbocycles. The van der Waals surface area contributed by atoms with Crippen LogP contribution in [0.2, 0.25) is 0 Å². The highest BCUT2D eigenvalue weighted by molar-refractivity contribution is 7.13. The van der Waals surface area contributed by atoms with Crippen LogP contribution in [0, 0.1) is 6.92 Å². The number of aromatic nitrogens is 1. The molecule has 0 amide bonds. The Morgan fingerprint density at radius 2 is 2.29 bits per heavy atom. The zero-order valence-electron chi connectivity index (χ0n) is 8.61. The monoisotopic (exact) mass is 259 g/mol. The predicted octanol–water partition coefficient (Wildman–Crippen LogP) is 3.35. The number of aryl methyl sites for hydroxylation is 1. The number of carboxylic acids is 1. The summed E-state index contributed by atoms with van der Waals surface area (Å²) in [5.41, 5.74) is -0.0331.